The van der Waals surface area contributed by atoms with Crippen molar-refractivity contribution >= 4 is 20.1 Å². The quantitative estimate of drug-likeness (QED) is 0.518. The molecule has 1 heterocycles. The molecule has 0 spiro atoms. The van der Waals surface area contributed by atoms with Gasteiger partial charge in [0.1, 0.15) is 14.1 Å². The van der Waals surface area contributed by atoms with Gasteiger partial charge in [0.2, 0.25) is 0 Å². The van der Waals surface area contributed by atoms with Gasteiger partial charge in [0, 0.05) is 11.3 Å². The topological polar surface area (TPSA) is 20.3 Å². The van der Waals surface area contributed by atoms with Crippen LogP contribution in [-0.4, -0.2) is 18.9 Å². The van der Waals surface area contributed by atoms with Gasteiger partial charge in [0.05, 0.1) is 0 Å². The minimum Gasteiger partial charge on any atom is -0.294 e. The molecule has 0 saturated heterocycles. The number of rotatable bonds is 1. The van der Waals surface area contributed by atoms with Crippen molar-refractivity contribution in [2.24, 2.45) is 0 Å². The van der Waals surface area contributed by atoms with Gasteiger partial charge in [0.15, 0.2) is 0 Å². The summed E-state index contributed by atoms with van der Waals surface area (Å²) in [5, 5.41) is 0. The second-order valence-corrected chi connectivity index (χ2v) is 12.1. The molecule has 1 aliphatic heterocycles. The molecule has 0 fully saturated rings. The maximum atomic E-state index is 13.2. The maximum absolute atomic E-state index is 13.2. The first-order valence-electron chi connectivity index (χ1n) is 8.55. The minimum atomic E-state index is -1.55. The fourth-order valence-electron chi connectivity index (χ4n) is 2.95. The third-order valence-corrected chi connectivity index (χ3v) is 5.01. The van der Waals surface area contributed by atoms with Gasteiger partial charge in [-0.2, -0.15) is 0 Å². The molecule has 0 saturated carbocycles. The molecule has 25 heavy (non-hydrogen) atoms. The largest absolute Gasteiger partial charge is 0.294 e. The molecule has 0 aromatic heterocycles. The van der Waals surface area contributed by atoms with Crippen LogP contribution < -0.4 is 0 Å². The zero-order valence-corrected chi connectivity index (χ0v) is 16.2. The Morgan fingerprint density at radius 1 is 1.00 bits per heavy atom. The molecule has 0 N–H and O–H groups in total. The lowest BCUT2D eigenvalue weighted by atomic mass is 9.94. The standard InChI is InChI=1S/C22H23NOSi/c1-17-16-19-12-8-9-13-20(19)21(14-15-25(2,3)4)23(17)22(24)18-10-6-5-7-11-18/h5-13,16,21H,1-4H3. The van der Waals surface area contributed by atoms with E-state index < -0.39 is 8.07 Å². The van der Waals surface area contributed by atoms with Crippen molar-refractivity contribution in [1.82, 2.24) is 4.90 Å². The van der Waals surface area contributed by atoms with Crippen LogP contribution in [0.15, 0.2) is 60.3 Å². The van der Waals surface area contributed by atoms with Crippen molar-refractivity contribution in [1.29, 1.82) is 0 Å². The highest BCUT2D eigenvalue weighted by Crippen LogP contribution is 2.34. The Hall–Kier alpha value is -2.57. The highest BCUT2D eigenvalue weighted by Gasteiger charge is 2.30. The zero-order chi connectivity index (χ0) is 18.0. The number of benzene rings is 2. The molecule has 0 aliphatic carbocycles. The van der Waals surface area contributed by atoms with E-state index in [0.717, 1.165) is 16.8 Å². The summed E-state index contributed by atoms with van der Waals surface area (Å²) in [5.74, 6) is 3.42. The molecule has 0 bridgehead atoms. The van der Waals surface area contributed by atoms with E-state index in [4.69, 9.17) is 0 Å². The summed E-state index contributed by atoms with van der Waals surface area (Å²) >= 11 is 0. The van der Waals surface area contributed by atoms with Gasteiger partial charge in [-0.1, -0.05) is 68.0 Å². The van der Waals surface area contributed by atoms with Gasteiger partial charge in [-0.25, -0.2) is 0 Å². The predicted octanol–water partition coefficient (Wildman–Crippen LogP) is 5.13. The van der Waals surface area contributed by atoms with E-state index in [1.807, 2.05) is 54.3 Å². The average molecular weight is 346 g/mol. The molecule has 126 valence electrons. The number of nitrogens with zero attached hydrogens (tertiary/aromatic N) is 1. The highest BCUT2D eigenvalue weighted by molar-refractivity contribution is 6.83. The van der Waals surface area contributed by atoms with Crippen molar-refractivity contribution in [3.05, 3.63) is 77.0 Å². The number of carbonyl (C=O) groups is 1. The van der Waals surface area contributed by atoms with Crippen LogP contribution in [0.5, 0.6) is 0 Å². The summed E-state index contributed by atoms with van der Waals surface area (Å²) in [4.78, 5) is 15.0. The third-order valence-electron chi connectivity index (χ3n) is 4.12. The Morgan fingerprint density at radius 3 is 2.32 bits per heavy atom. The van der Waals surface area contributed by atoms with E-state index >= 15 is 0 Å². The van der Waals surface area contributed by atoms with Crippen LogP contribution >= 0.6 is 0 Å². The average Bonchev–Trinajstić information content (AvgIpc) is 2.58. The molecule has 2 aromatic carbocycles. The van der Waals surface area contributed by atoms with Gasteiger partial charge in [-0.15, -0.1) is 5.54 Å². The molecule has 3 rings (SSSR count). The number of allylic oxidation sites excluding steroid dienone is 1. The number of amides is 1. The van der Waals surface area contributed by atoms with Crippen molar-refractivity contribution in [3.8, 4) is 11.5 Å². The second kappa shape index (κ2) is 6.74. The summed E-state index contributed by atoms with van der Waals surface area (Å²) in [6.45, 7) is 8.66. The smallest absolute Gasteiger partial charge is 0.259 e. The molecule has 1 unspecified atom stereocenters. The third kappa shape index (κ3) is 3.75. The van der Waals surface area contributed by atoms with E-state index in [1.54, 1.807) is 0 Å². The SMILES string of the molecule is CC1=Cc2ccccc2C(C#C[Si](C)(C)C)N1C(=O)c1ccccc1. The molecular weight excluding hydrogens is 322 g/mol. The Balaban J connectivity index is 2.11. The van der Waals surface area contributed by atoms with E-state index in [1.165, 1.54) is 0 Å². The first-order chi connectivity index (χ1) is 11.9. The molecule has 0 radical (unpaired) electrons. The summed E-state index contributed by atoms with van der Waals surface area (Å²) in [6.07, 6.45) is 2.07. The molecule has 2 aromatic rings. The van der Waals surface area contributed by atoms with Crippen LogP contribution in [0.4, 0.5) is 0 Å². The Labute approximate surface area is 151 Å². The van der Waals surface area contributed by atoms with E-state index in [-0.39, 0.29) is 11.9 Å². The van der Waals surface area contributed by atoms with Crippen LogP contribution in [-0.2, 0) is 0 Å². The van der Waals surface area contributed by atoms with Crippen molar-refractivity contribution in [2.75, 3.05) is 0 Å². The fourth-order valence-corrected chi connectivity index (χ4v) is 3.52. The van der Waals surface area contributed by atoms with E-state index in [9.17, 15) is 4.79 Å². The Bertz CT molecular complexity index is 881. The molecular formula is C22H23NOSi. The summed E-state index contributed by atoms with van der Waals surface area (Å²) in [5.41, 5.74) is 7.32. The Morgan fingerprint density at radius 2 is 1.64 bits per heavy atom. The second-order valence-electron chi connectivity index (χ2n) is 7.38. The highest BCUT2D eigenvalue weighted by atomic mass is 28.3. The van der Waals surface area contributed by atoms with Gasteiger partial charge < -0.3 is 0 Å². The van der Waals surface area contributed by atoms with Crippen LogP contribution in [0, 0.1) is 11.5 Å². The van der Waals surface area contributed by atoms with E-state index in [0.29, 0.717) is 5.56 Å². The predicted molar refractivity (Wildman–Crippen MR) is 107 cm³/mol. The lowest BCUT2D eigenvalue weighted by molar-refractivity contribution is 0.0776. The summed E-state index contributed by atoms with van der Waals surface area (Å²) in [7, 11) is -1.55. The van der Waals surface area contributed by atoms with Gasteiger partial charge >= 0.3 is 0 Å². The minimum absolute atomic E-state index is 0.00118. The van der Waals surface area contributed by atoms with E-state index in [2.05, 4.69) is 49.3 Å². The zero-order valence-electron chi connectivity index (χ0n) is 15.2. The molecule has 3 heteroatoms. The van der Waals surface area contributed by atoms with Crippen LogP contribution in [0.3, 0.4) is 0 Å². The lowest BCUT2D eigenvalue weighted by Crippen LogP contribution is -2.35. The number of hydrogen-bond donors (Lipinski definition) is 0. The van der Waals surface area contributed by atoms with Crippen LogP contribution in [0.25, 0.3) is 6.08 Å². The maximum Gasteiger partial charge on any atom is 0.259 e. The number of hydrogen-bond acceptors (Lipinski definition) is 1. The van der Waals surface area contributed by atoms with Crippen molar-refractivity contribution < 1.29 is 4.79 Å². The summed E-state index contributed by atoms with van der Waals surface area (Å²) in [6, 6.07) is 17.4. The van der Waals surface area contributed by atoms with Crippen molar-refractivity contribution in [3.63, 3.8) is 0 Å². The van der Waals surface area contributed by atoms with Gasteiger partial charge in [0.25, 0.3) is 5.91 Å². The van der Waals surface area contributed by atoms with Crippen LogP contribution in [0.2, 0.25) is 19.6 Å². The lowest BCUT2D eigenvalue weighted by Gasteiger charge is -2.34. The number of carbonyl (C=O) groups excluding carboxylic acids is 1. The Kier molecular flexibility index (Phi) is 4.65. The molecule has 1 atom stereocenters. The van der Waals surface area contributed by atoms with Gasteiger partial charge in [-0.05, 0) is 36.3 Å². The summed E-state index contributed by atoms with van der Waals surface area (Å²) < 4.78 is 0. The monoisotopic (exact) mass is 345 g/mol. The first-order valence-corrected chi connectivity index (χ1v) is 12.1. The van der Waals surface area contributed by atoms with Crippen molar-refractivity contribution in [2.45, 2.75) is 32.6 Å². The van der Waals surface area contributed by atoms with Gasteiger partial charge in [-0.3, -0.25) is 9.69 Å². The molecule has 1 aliphatic rings. The molecule has 1 amide bonds. The van der Waals surface area contributed by atoms with Crippen LogP contribution in [0.1, 0.15) is 34.5 Å². The normalized spacial score (nSPS) is 16.4. The fraction of sp³-hybridized carbons (Fsp3) is 0.227. The first kappa shape index (κ1) is 17.3. The molecule has 2 nitrogen and oxygen atoms in total. The number of fused-ring (bicyclic) bond motifs is 1.